The van der Waals surface area contributed by atoms with Gasteiger partial charge in [-0.15, -0.1) is 23.2 Å². The number of rotatable bonds is 6. The lowest BCUT2D eigenvalue weighted by Crippen LogP contribution is -2.38. The van der Waals surface area contributed by atoms with E-state index in [0.717, 1.165) is 25.9 Å². The quantitative estimate of drug-likeness (QED) is 0.637. The summed E-state index contributed by atoms with van der Waals surface area (Å²) < 4.78 is 0. The van der Waals surface area contributed by atoms with Gasteiger partial charge in [-0.3, -0.25) is 4.79 Å². The van der Waals surface area contributed by atoms with E-state index < -0.39 is 5.38 Å². The van der Waals surface area contributed by atoms with E-state index >= 15 is 0 Å². The summed E-state index contributed by atoms with van der Waals surface area (Å²) in [6, 6.07) is 0. The van der Waals surface area contributed by atoms with Crippen LogP contribution >= 0.6 is 23.2 Å². The molecule has 0 bridgehead atoms. The van der Waals surface area contributed by atoms with Gasteiger partial charge in [0.25, 0.3) is 0 Å². The molecule has 0 saturated heterocycles. The lowest BCUT2D eigenvalue weighted by atomic mass is 10.3. The summed E-state index contributed by atoms with van der Waals surface area (Å²) in [5.74, 6) is 0.144. The highest BCUT2D eigenvalue weighted by molar-refractivity contribution is 6.35. The molecule has 0 aromatic heterocycles. The van der Waals surface area contributed by atoms with Gasteiger partial charge in [0.2, 0.25) is 5.91 Å². The minimum atomic E-state index is -0.570. The molecule has 78 valence electrons. The molecule has 0 N–H and O–H groups in total. The van der Waals surface area contributed by atoms with E-state index in [1.807, 2.05) is 13.8 Å². The van der Waals surface area contributed by atoms with Crippen LogP contribution in [0, 0.1) is 0 Å². The third-order valence-corrected chi connectivity index (χ3v) is 2.51. The molecule has 0 aromatic carbocycles. The van der Waals surface area contributed by atoms with Crippen LogP contribution in [0.1, 0.15) is 26.7 Å². The Bertz CT molecular complexity index is 147. The van der Waals surface area contributed by atoms with Gasteiger partial charge in [0.15, 0.2) is 0 Å². The zero-order chi connectivity index (χ0) is 10.3. The zero-order valence-corrected chi connectivity index (χ0v) is 9.74. The van der Waals surface area contributed by atoms with E-state index in [2.05, 4.69) is 0 Å². The lowest BCUT2D eigenvalue weighted by molar-refractivity contribution is -0.130. The average Bonchev–Trinajstić information content (AvgIpc) is 2.15. The van der Waals surface area contributed by atoms with Crippen molar-refractivity contribution in [1.29, 1.82) is 0 Å². The maximum atomic E-state index is 11.6. The van der Waals surface area contributed by atoms with Crippen molar-refractivity contribution in [1.82, 2.24) is 4.90 Å². The van der Waals surface area contributed by atoms with E-state index in [1.54, 1.807) is 4.90 Å². The molecular formula is C9H17Cl2NO. The molecule has 0 aliphatic rings. The second-order valence-electron chi connectivity index (χ2n) is 2.95. The number of amides is 1. The minimum absolute atomic E-state index is 0.0413. The average molecular weight is 226 g/mol. The first kappa shape index (κ1) is 13.1. The molecule has 1 atom stereocenters. The van der Waals surface area contributed by atoms with Crippen LogP contribution in [0.3, 0.4) is 0 Å². The number of hydrogen-bond donors (Lipinski definition) is 0. The lowest BCUT2D eigenvalue weighted by Gasteiger charge is -2.23. The highest BCUT2D eigenvalue weighted by atomic mass is 35.5. The van der Waals surface area contributed by atoms with Crippen molar-refractivity contribution < 1.29 is 4.79 Å². The Labute approximate surface area is 90.2 Å². The molecule has 2 nitrogen and oxygen atoms in total. The van der Waals surface area contributed by atoms with Gasteiger partial charge in [0.05, 0.1) is 0 Å². The maximum absolute atomic E-state index is 11.6. The van der Waals surface area contributed by atoms with E-state index in [9.17, 15) is 4.79 Å². The number of halogens is 2. The van der Waals surface area contributed by atoms with Crippen LogP contribution in [0.15, 0.2) is 0 Å². The van der Waals surface area contributed by atoms with Gasteiger partial charge in [-0.25, -0.2) is 0 Å². The van der Waals surface area contributed by atoms with Gasteiger partial charge in [0, 0.05) is 19.0 Å². The van der Waals surface area contributed by atoms with Crippen molar-refractivity contribution in [2.24, 2.45) is 0 Å². The highest BCUT2D eigenvalue weighted by Crippen LogP contribution is 2.06. The minimum Gasteiger partial charge on any atom is -0.341 e. The van der Waals surface area contributed by atoms with Crippen LogP contribution in [-0.2, 0) is 4.79 Å². The van der Waals surface area contributed by atoms with Crippen LogP contribution in [-0.4, -0.2) is 35.2 Å². The molecule has 13 heavy (non-hydrogen) atoms. The molecule has 4 heteroatoms. The molecule has 0 rings (SSSR count). The van der Waals surface area contributed by atoms with E-state index in [4.69, 9.17) is 23.2 Å². The summed E-state index contributed by atoms with van der Waals surface area (Å²) in [6.07, 6.45) is 1.91. The van der Waals surface area contributed by atoms with Crippen LogP contribution < -0.4 is 0 Å². The van der Waals surface area contributed by atoms with Gasteiger partial charge < -0.3 is 4.90 Å². The Balaban J connectivity index is 4.09. The first-order valence-corrected chi connectivity index (χ1v) is 5.63. The van der Waals surface area contributed by atoms with Gasteiger partial charge in [0.1, 0.15) is 5.38 Å². The number of carbonyl (C=O) groups is 1. The molecule has 0 aliphatic heterocycles. The summed E-state index contributed by atoms with van der Waals surface area (Å²) in [4.78, 5) is 13.3. The molecule has 0 aliphatic carbocycles. The van der Waals surface area contributed by atoms with E-state index in [0.29, 0.717) is 0 Å². The van der Waals surface area contributed by atoms with Crippen molar-refractivity contribution in [3.8, 4) is 0 Å². The topological polar surface area (TPSA) is 20.3 Å². The third kappa shape index (κ3) is 4.72. The predicted molar refractivity (Wildman–Crippen MR) is 57.5 cm³/mol. The highest BCUT2D eigenvalue weighted by Gasteiger charge is 2.19. The molecule has 0 radical (unpaired) electrons. The molecule has 0 unspecified atom stereocenters. The van der Waals surface area contributed by atoms with Crippen LogP contribution in [0.5, 0.6) is 0 Å². The summed E-state index contributed by atoms with van der Waals surface area (Å²) in [5.41, 5.74) is 0. The molecule has 0 saturated carbocycles. The summed E-state index contributed by atoms with van der Waals surface area (Å²) >= 11 is 11.3. The summed E-state index contributed by atoms with van der Waals surface area (Å²) in [7, 11) is 0. The Morgan fingerprint density at radius 3 is 2.08 bits per heavy atom. The molecule has 0 spiro atoms. The Morgan fingerprint density at radius 2 is 1.77 bits per heavy atom. The Morgan fingerprint density at radius 1 is 1.31 bits per heavy atom. The molecule has 0 heterocycles. The fourth-order valence-corrected chi connectivity index (χ4v) is 1.41. The molecule has 0 fully saturated rings. The SMILES string of the molecule is CCCN(CCC)C(=O)[C@H](Cl)CCl. The number of carbonyl (C=O) groups excluding carboxylic acids is 1. The van der Waals surface area contributed by atoms with Crippen molar-refractivity contribution in [3.05, 3.63) is 0 Å². The Hall–Kier alpha value is 0.0500. The number of alkyl halides is 2. The Kier molecular flexibility index (Phi) is 7.48. The van der Waals surface area contributed by atoms with Gasteiger partial charge in [-0.1, -0.05) is 13.8 Å². The maximum Gasteiger partial charge on any atom is 0.241 e. The monoisotopic (exact) mass is 225 g/mol. The first-order valence-electron chi connectivity index (χ1n) is 4.66. The fraction of sp³-hybridized carbons (Fsp3) is 0.889. The zero-order valence-electron chi connectivity index (χ0n) is 8.22. The third-order valence-electron chi connectivity index (χ3n) is 1.70. The van der Waals surface area contributed by atoms with Gasteiger partial charge in [-0.05, 0) is 12.8 Å². The number of hydrogen-bond acceptors (Lipinski definition) is 1. The summed E-state index contributed by atoms with van der Waals surface area (Å²) in [5, 5.41) is -0.570. The molecule has 0 aromatic rings. The van der Waals surface area contributed by atoms with Crippen LogP contribution in [0.4, 0.5) is 0 Å². The largest absolute Gasteiger partial charge is 0.341 e. The second kappa shape index (κ2) is 7.45. The fourth-order valence-electron chi connectivity index (χ4n) is 1.14. The number of nitrogens with zero attached hydrogens (tertiary/aromatic N) is 1. The van der Waals surface area contributed by atoms with Crippen LogP contribution in [0.25, 0.3) is 0 Å². The van der Waals surface area contributed by atoms with Crippen molar-refractivity contribution in [2.75, 3.05) is 19.0 Å². The van der Waals surface area contributed by atoms with Crippen LogP contribution in [0.2, 0.25) is 0 Å². The van der Waals surface area contributed by atoms with E-state index in [1.165, 1.54) is 0 Å². The molecular weight excluding hydrogens is 209 g/mol. The van der Waals surface area contributed by atoms with Gasteiger partial charge in [-0.2, -0.15) is 0 Å². The van der Waals surface area contributed by atoms with E-state index in [-0.39, 0.29) is 11.8 Å². The second-order valence-corrected chi connectivity index (χ2v) is 3.78. The molecule has 1 amide bonds. The predicted octanol–water partition coefficient (Wildman–Crippen LogP) is 2.48. The van der Waals surface area contributed by atoms with Crippen molar-refractivity contribution in [2.45, 2.75) is 32.1 Å². The van der Waals surface area contributed by atoms with Crippen molar-refractivity contribution >= 4 is 29.1 Å². The smallest absolute Gasteiger partial charge is 0.241 e. The van der Waals surface area contributed by atoms with Gasteiger partial charge >= 0.3 is 0 Å². The first-order chi connectivity index (χ1) is 6.17. The normalized spacial score (nSPS) is 12.6. The standard InChI is InChI=1S/C9H17Cl2NO/c1-3-5-12(6-4-2)9(13)8(11)7-10/h8H,3-7H2,1-2H3/t8-/m1/s1. The summed E-state index contributed by atoms with van der Waals surface area (Å²) in [6.45, 7) is 5.62. The van der Waals surface area contributed by atoms with Crippen molar-refractivity contribution in [3.63, 3.8) is 0 Å².